The molecule has 2 fully saturated rings. The van der Waals surface area contributed by atoms with Gasteiger partial charge >= 0.3 is 0 Å². The Balaban J connectivity index is 1.22. The Morgan fingerprint density at radius 2 is 1.93 bits per heavy atom. The molecule has 0 radical (unpaired) electrons. The van der Waals surface area contributed by atoms with Crippen molar-refractivity contribution in [2.24, 2.45) is 5.41 Å². The van der Waals surface area contributed by atoms with Gasteiger partial charge in [0.25, 0.3) is 5.91 Å². The molecule has 1 atom stereocenters. The number of amides is 1. The number of hydrogen-bond acceptors (Lipinski definition) is 8. The van der Waals surface area contributed by atoms with Gasteiger partial charge in [-0.1, -0.05) is 0 Å². The first-order valence-corrected chi connectivity index (χ1v) is 14.0. The highest BCUT2D eigenvalue weighted by atomic mass is 16.5. The number of carbonyl (C=O) groups is 1. The van der Waals surface area contributed by atoms with Gasteiger partial charge in [-0.2, -0.15) is 0 Å². The van der Waals surface area contributed by atoms with E-state index in [2.05, 4.69) is 9.88 Å². The van der Waals surface area contributed by atoms with Crippen molar-refractivity contribution in [1.29, 1.82) is 0 Å². The van der Waals surface area contributed by atoms with E-state index in [0.29, 0.717) is 58.0 Å². The quantitative estimate of drug-likeness (QED) is 0.262. The van der Waals surface area contributed by atoms with Gasteiger partial charge in [-0.15, -0.1) is 0 Å². The Labute approximate surface area is 239 Å². The number of likely N-dealkylation sites (tertiary alicyclic amines) is 1. The summed E-state index contributed by atoms with van der Waals surface area (Å²) in [5, 5.41) is 1.60. The maximum atomic E-state index is 12.8. The summed E-state index contributed by atoms with van der Waals surface area (Å²) in [7, 11) is 6.92. The first-order chi connectivity index (χ1) is 19.7. The molecule has 2 aromatic heterocycles. The predicted octanol–water partition coefficient (Wildman–Crippen LogP) is 5.59. The number of furan rings is 1. The van der Waals surface area contributed by atoms with Crippen LogP contribution >= 0.6 is 0 Å². The van der Waals surface area contributed by atoms with Gasteiger partial charge in [0.1, 0.15) is 29.4 Å². The molecule has 0 bridgehead atoms. The number of benzene rings is 2. The van der Waals surface area contributed by atoms with Crippen LogP contribution in [0.3, 0.4) is 0 Å². The zero-order chi connectivity index (χ0) is 28.9. The molecule has 4 aromatic rings. The average Bonchev–Trinajstić information content (AvgIpc) is 3.51. The normalized spacial score (nSPS) is 17.9. The van der Waals surface area contributed by atoms with Gasteiger partial charge in [-0.3, -0.25) is 14.7 Å². The Morgan fingerprint density at radius 3 is 2.61 bits per heavy atom. The second-order valence-electron chi connectivity index (χ2n) is 11.4. The molecule has 2 aromatic carbocycles. The van der Waals surface area contributed by atoms with Crippen molar-refractivity contribution >= 4 is 27.8 Å². The minimum absolute atomic E-state index is 0.0882. The van der Waals surface area contributed by atoms with Crippen LogP contribution in [0.15, 0.2) is 40.9 Å². The largest absolute Gasteiger partial charge is 0.493 e. The highest BCUT2D eigenvalue weighted by Gasteiger charge is 2.55. The molecule has 1 aliphatic carbocycles. The number of aryl methyl sites for hydroxylation is 2. The van der Waals surface area contributed by atoms with Crippen LogP contribution in [0, 0.1) is 19.3 Å². The van der Waals surface area contributed by atoms with Crippen LogP contribution in [0.4, 0.5) is 0 Å². The number of fused-ring (bicyclic) bond motifs is 2. The van der Waals surface area contributed by atoms with E-state index in [1.165, 1.54) is 12.8 Å². The van der Waals surface area contributed by atoms with Crippen molar-refractivity contribution in [3.63, 3.8) is 0 Å². The zero-order valence-corrected chi connectivity index (χ0v) is 24.6. The Morgan fingerprint density at radius 1 is 1.12 bits per heavy atom. The number of rotatable bonds is 9. The van der Waals surface area contributed by atoms with Crippen LogP contribution in [0.2, 0.25) is 0 Å². The van der Waals surface area contributed by atoms with Crippen LogP contribution in [-0.4, -0.2) is 81.4 Å². The molecule has 3 heterocycles. The lowest BCUT2D eigenvalue weighted by molar-refractivity contribution is 0.0693. The van der Waals surface area contributed by atoms with E-state index >= 15 is 0 Å². The Kier molecular flexibility index (Phi) is 7.03. The monoisotopic (exact) mass is 559 g/mol. The molecular weight excluding hydrogens is 522 g/mol. The van der Waals surface area contributed by atoms with Crippen LogP contribution in [0.25, 0.3) is 21.9 Å². The highest BCUT2D eigenvalue weighted by molar-refractivity contribution is 6.08. The highest BCUT2D eigenvalue weighted by Crippen LogP contribution is 2.53. The third kappa shape index (κ3) is 4.97. The molecule has 41 heavy (non-hydrogen) atoms. The standard InChI is InChI=1S/C32H37N3O6/c1-19-13-21(14-27-29(19)30(20(2)40-27)31(36)34(3)4)41-24-7-10-33-23-16-26(25(37-5)15-22(23)24)39-12-11-35-17-28(38-6)32(18-35)8-9-32/h7,10,13-16,28H,8-9,11-12,17-18H2,1-6H3. The molecule has 1 amide bonds. The van der Waals surface area contributed by atoms with Crippen molar-refractivity contribution < 1.29 is 28.2 Å². The fourth-order valence-corrected chi connectivity index (χ4v) is 6.13. The number of pyridine rings is 1. The zero-order valence-electron chi connectivity index (χ0n) is 24.6. The summed E-state index contributed by atoms with van der Waals surface area (Å²) >= 11 is 0. The van der Waals surface area contributed by atoms with Crippen LogP contribution < -0.4 is 14.2 Å². The smallest absolute Gasteiger partial charge is 0.257 e. The van der Waals surface area contributed by atoms with Crippen molar-refractivity contribution in [3.8, 4) is 23.0 Å². The first kappa shape index (κ1) is 27.4. The van der Waals surface area contributed by atoms with E-state index in [9.17, 15) is 4.79 Å². The molecule has 9 nitrogen and oxygen atoms in total. The van der Waals surface area contributed by atoms with E-state index in [0.717, 1.165) is 41.5 Å². The van der Waals surface area contributed by atoms with Crippen molar-refractivity contribution in [2.75, 3.05) is 54.6 Å². The summed E-state index contributed by atoms with van der Waals surface area (Å²) in [5.41, 5.74) is 3.18. The lowest BCUT2D eigenvalue weighted by atomic mass is 10.0. The molecule has 9 heteroatoms. The molecule has 0 N–H and O–H groups in total. The second kappa shape index (κ2) is 10.5. The SMILES string of the molecule is COc1cc2c(Oc3cc(C)c4c(C(=O)N(C)C)c(C)oc4c3)ccnc2cc1OCCN1CC(OC)C2(CC2)C1. The third-order valence-electron chi connectivity index (χ3n) is 8.46. The number of hydrogen-bond donors (Lipinski definition) is 0. The summed E-state index contributed by atoms with van der Waals surface area (Å²) < 4.78 is 30.0. The van der Waals surface area contributed by atoms with Crippen LogP contribution in [-0.2, 0) is 4.74 Å². The molecular formula is C32H37N3O6. The number of carbonyl (C=O) groups excluding carboxylic acids is 1. The van der Waals surface area contributed by atoms with Gasteiger partial charge in [0, 0.05) is 75.4 Å². The lowest BCUT2D eigenvalue weighted by Crippen LogP contribution is -2.27. The fourth-order valence-electron chi connectivity index (χ4n) is 6.13. The van der Waals surface area contributed by atoms with Crippen LogP contribution in [0.1, 0.15) is 34.5 Å². The van der Waals surface area contributed by atoms with Gasteiger partial charge in [-0.25, -0.2) is 0 Å². The first-order valence-electron chi connectivity index (χ1n) is 14.0. The Bertz CT molecular complexity index is 1620. The fraction of sp³-hybridized carbons (Fsp3) is 0.438. The Hall–Kier alpha value is -3.82. The average molecular weight is 560 g/mol. The molecule has 6 rings (SSSR count). The molecule has 1 unspecified atom stereocenters. The van der Waals surface area contributed by atoms with Gasteiger partial charge in [0.05, 0.1) is 24.3 Å². The summed E-state index contributed by atoms with van der Waals surface area (Å²) in [4.78, 5) is 21.3. The number of methoxy groups -OCH3 is 2. The molecule has 1 aliphatic heterocycles. The molecule has 1 spiro atoms. The molecule has 2 aliphatic rings. The van der Waals surface area contributed by atoms with E-state index in [-0.39, 0.29) is 5.91 Å². The molecule has 1 saturated carbocycles. The number of ether oxygens (including phenoxy) is 4. The van der Waals surface area contributed by atoms with E-state index in [4.69, 9.17) is 23.4 Å². The van der Waals surface area contributed by atoms with E-state index in [1.54, 1.807) is 32.3 Å². The van der Waals surface area contributed by atoms with Gasteiger partial charge in [0.15, 0.2) is 11.5 Å². The molecule has 1 saturated heterocycles. The number of aromatic nitrogens is 1. The van der Waals surface area contributed by atoms with Crippen molar-refractivity contribution in [1.82, 2.24) is 14.8 Å². The van der Waals surface area contributed by atoms with Crippen molar-refractivity contribution in [3.05, 3.63) is 53.4 Å². The second-order valence-corrected chi connectivity index (χ2v) is 11.4. The van der Waals surface area contributed by atoms with Gasteiger partial charge in [0.2, 0.25) is 0 Å². The predicted molar refractivity (Wildman–Crippen MR) is 156 cm³/mol. The maximum absolute atomic E-state index is 12.8. The third-order valence-corrected chi connectivity index (χ3v) is 8.46. The van der Waals surface area contributed by atoms with Gasteiger partial charge < -0.3 is 28.3 Å². The topological polar surface area (TPSA) is 86.5 Å². The minimum Gasteiger partial charge on any atom is -0.493 e. The molecule has 216 valence electrons. The van der Waals surface area contributed by atoms with Gasteiger partial charge in [-0.05, 0) is 50.5 Å². The summed E-state index contributed by atoms with van der Waals surface area (Å²) in [5.74, 6) is 2.99. The maximum Gasteiger partial charge on any atom is 0.257 e. The van der Waals surface area contributed by atoms with E-state index < -0.39 is 0 Å². The number of nitrogens with zero attached hydrogens (tertiary/aromatic N) is 3. The van der Waals surface area contributed by atoms with Crippen LogP contribution in [0.5, 0.6) is 23.0 Å². The summed E-state index contributed by atoms with van der Waals surface area (Å²) in [6, 6.07) is 9.36. The summed E-state index contributed by atoms with van der Waals surface area (Å²) in [6.45, 7) is 7.16. The summed E-state index contributed by atoms with van der Waals surface area (Å²) in [6.07, 6.45) is 4.55. The minimum atomic E-state index is -0.0882. The van der Waals surface area contributed by atoms with Crippen molar-refractivity contribution in [2.45, 2.75) is 32.8 Å². The lowest BCUT2D eigenvalue weighted by Gasteiger charge is -2.17. The van der Waals surface area contributed by atoms with E-state index in [1.807, 2.05) is 51.3 Å².